The Balaban J connectivity index is 1.61. The van der Waals surface area contributed by atoms with Gasteiger partial charge in [-0.3, -0.25) is 9.20 Å². The Bertz CT molecular complexity index is 988. The number of rotatable bonds is 4. The maximum atomic E-state index is 13.0. The van der Waals surface area contributed by atoms with E-state index in [1.165, 1.54) is 9.08 Å². The number of carbonyl (C=O) groups is 1. The lowest BCUT2D eigenvalue weighted by Crippen LogP contribution is -2.49. The highest BCUT2D eigenvalue weighted by Crippen LogP contribution is 2.29. The summed E-state index contributed by atoms with van der Waals surface area (Å²) in [4.78, 5) is 27.2. The predicted octanol–water partition coefficient (Wildman–Crippen LogP) is 0.454. The van der Waals surface area contributed by atoms with Gasteiger partial charge in [0.1, 0.15) is 6.54 Å². The number of nitrogens with zero attached hydrogens (tertiary/aromatic N) is 4. The number of amides is 1. The molecule has 1 saturated heterocycles. The van der Waals surface area contributed by atoms with E-state index < -0.39 is 9.84 Å². The fraction of sp³-hybridized carbons (Fsp3) is 0.588. The lowest BCUT2D eigenvalue weighted by molar-refractivity contribution is -0.136. The van der Waals surface area contributed by atoms with Crippen molar-refractivity contribution in [1.29, 1.82) is 0 Å². The highest BCUT2D eigenvalue weighted by molar-refractivity contribution is 7.91. The molecule has 2 fully saturated rings. The summed E-state index contributed by atoms with van der Waals surface area (Å²) in [6.45, 7) is -0.159. The van der Waals surface area contributed by atoms with Gasteiger partial charge in [-0.2, -0.15) is 0 Å². The van der Waals surface area contributed by atoms with Crippen LogP contribution in [0.1, 0.15) is 32.1 Å². The summed E-state index contributed by atoms with van der Waals surface area (Å²) < 4.78 is 26.4. The first-order valence-corrected chi connectivity index (χ1v) is 10.8. The summed E-state index contributed by atoms with van der Waals surface area (Å²) in [5.41, 5.74) is 0.125. The van der Waals surface area contributed by atoms with Gasteiger partial charge < -0.3 is 4.90 Å². The third-order valence-electron chi connectivity index (χ3n) is 5.38. The molecule has 1 unspecified atom stereocenters. The average Bonchev–Trinajstić information content (AvgIpc) is 3.30. The first-order chi connectivity index (χ1) is 12.4. The molecule has 0 bridgehead atoms. The van der Waals surface area contributed by atoms with Crippen LogP contribution in [0.15, 0.2) is 29.2 Å². The van der Waals surface area contributed by atoms with Gasteiger partial charge >= 0.3 is 5.69 Å². The number of aromatic nitrogens is 3. The standard InChI is InChI=1S/C17H22N4O4S/c22-16(11-20-17(23)19-9-4-3-7-15(19)18-20)21(13-5-1-2-6-13)14-8-10-26(24,25)12-14/h3-4,7,9,13-14H,1-2,5-6,8,10-12H2. The molecule has 0 radical (unpaired) electrons. The van der Waals surface area contributed by atoms with Crippen molar-refractivity contribution in [3.8, 4) is 0 Å². The molecule has 140 valence electrons. The van der Waals surface area contributed by atoms with Crippen molar-refractivity contribution in [1.82, 2.24) is 19.1 Å². The van der Waals surface area contributed by atoms with E-state index in [9.17, 15) is 18.0 Å². The quantitative estimate of drug-likeness (QED) is 0.770. The molecule has 1 atom stereocenters. The first-order valence-electron chi connectivity index (χ1n) is 9.00. The van der Waals surface area contributed by atoms with Crippen LogP contribution in [-0.4, -0.2) is 57.0 Å². The van der Waals surface area contributed by atoms with Crippen molar-refractivity contribution < 1.29 is 13.2 Å². The Morgan fingerprint density at radius 2 is 1.96 bits per heavy atom. The molecule has 1 aliphatic carbocycles. The van der Waals surface area contributed by atoms with Crippen LogP contribution in [0.4, 0.5) is 0 Å². The fourth-order valence-corrected chi connectivity index (χ4v) is 5.87. The predicted molar refractivity (Wildman–Crippen MR) is 95.6 cm³/mol. The van der Waals surface area contributed by atoms with Crippen molar-refractivity contribution in [2.75, 3.05) is 11.5 Å². The molecule has 4 rings (SSSR count). The van der Waals surface area contributed by atoms with Gasteiger partial charge in [-0.05, 0) is 31.4 Å². The van der Waals surface area contributed by atoms with Gasteiger partial charge in [0.25, 0.3) is 0 Å². The number of fused-ring (bicyclic) bond motifs is 1. The first kappa shape index (κ1) is 17.3. The van der Waals surface area contributed by atoms with E-state index in [0.717, 1.165) is 25.7 Å². The number of hydrogen-bond acceptors (Lipinski definition) is 5. The SMILES string of the molecule is O=C(Cn1nc2ccccn2c1=O)N(C1CCCC1)C1CCS(=O)(=O)C1. The van der Waals surface area contributed by atoms with Gasteiger partial charge in [-0.15, -0.1) is 5.10 Å². The van der Waals surface area contributed by atoms with Gasteiger partial charge in [0, 0.05) is 18.3 Å². The minimum absolute atomic E-state index is 0.0231. The molecule has 3 heterocycles. The molecule has 0 N–H and O–H groups in total. The second-order valence-corrected chi connectivity index (χ2v) is 9.39. The maximum Gasteiger partial charge on any atom is 0.350 e. The summed E-state index contributed by atoms with van der Waals surface area (Å²) >= 11 is 0. The van der Waals surface area contributed by atoms with Crippen LogP contribution >= 0.6 is 0 Å². The van der Waals surface area contributed by atoms with E-state index >= 15 is 0 Å². The van der Waals surface area contributed by atoms with Crippen LogP contribution in [0, 0.1) is 0 Å². The molecule has 2 aromatic rings. The van der Waals surface area contributed by atoms with Crippen molar-refractivity contribution in [3.05, 3.63) is 34.9 Å². The van der Waals surface area contributed by atoms with Gasteiger partial charge in [0.05, 0.1) is 11.5 Å². The largest absolute Gasteiger partial charge is 0.350 e. The van der Waals surface area contributed by atoms with Crippen molar-refractivity contribution in [3.63, 3.8) is 0 Å². The van der Waals surface area contributed by atoms with Gasteiger partial charge in [-0.1, -0.05) is 18.9 Å². The summed E-state index contributed by atoms with van der Waals surface area (Å²) in [6.07, 6.45) is 5.96. The number of pyridine rings is 1. The summed E-state index contributed by atoms with van der Waals surface area (Å²) in [5.74, 6) is -0.0675. The number of hydrogen-bond donors (Lipinski definition) is 0. The molecule has 1 saturated carbocycles. The Morgan fingerprint density at radius 1 is 1.19 bits per heavy atom. The number of sulfone groups is 1. The fourth-order valence-electron chi connectivity index (χ4n) is 4.16. The summed E-state index contributed by atoms with van der Waals surface area (Å²) in [7, 11) is -3.09. The van der Waals surface area contributed by atoms with E-state index in [4.69, 9.17) is 0 Å². The minimum atomic E-state index is -3.09. The summed E-state index contributed by atoms with van der Waals surface area (Å²) in [5, 5.41) is 4.22. The van der Waals surface area contributed by atoms with Crippen LogP contribution in [0.25, 0.3) is 5.65 Å². The van der Waals surface area contributed by atoms with Gasteiger partial charge in [0.15, 0.2) is 15.5 Å². The summed E-state index contributed by atoms with van der Waals surface area (Å²) in [6, 6.07) is 5.00. The number of carbonyl (C=O) groups excluding carboxylic acids is 1. The molecule has 2 aromatic heterocycles. The molecule has 1 amide bonds. The van der Waals surface area contributed by atoms with Crippen LogP contribution in [0.5, 0.6) is 0 Å². The Hall–Kier alpha value is -2.16. The van der Waals surface area contributed by atoms with Crippen LogP contribution in [-0.2, 0) is 21.2 Å². The second-order valence-electron chi connectivity index (χ2n) is 7.17. The Morgan fingerprint density at radius 3 is 2.62 bits per heavy atom. The molecular formula is C17H22N4O4S. The van der Waals surface area contributed by atoms with E-state index in [0.29, 0.717) is 12.1 Å². The maximum absolute atomic E-state index is 13.0. The van der Waals surface area contributed by atoms with E-state index in [2.05, 4.69) is 5.10 Å². The average molecular weight is 378 g/mol. The zero-order valence-corrected chi connectivity index (χ0v) is 15.3. The third kappa shape index (κ3) is 3.15. The van der Waals surface area contributed by atoms with Crippen molar-refractivity contribution in [2.45, 2.75) is 50.7 Å². The van der Waals surface area contributed by atoms with Crippen LogP contribution in [0.3, 0.4) is 0 Å². The molecule has 0 aromatic carbocycles. The molecule has 2 aliphatic rings. The highest BCUT2D eigenvalue weighted by Gasteiger charge is 2.39. The van der Waals surface area contributed by atoms with E-state index in [1.54, 1.807) is 29.3 Å². The molecule has 8 nitrogen and oxygen atoms in total. The zero-order chi connectivity index (χ0) is 18.3. The normalized spacial score (nSPS) is 22.8. The lowest BCUT2D eigenvalue weighted by Gasteiger charge is -2.34. The van der Waals surface area contributed by atoms with Crippen LogP contribution in [0.2, 0.25) is 0 Å². The monoisotopic (exact) mass is 378 g/mol. The molecular weight excluding hydrogens is 356 g/mol. The smallest absolute Gasteiger partial charge is 0.334 e. The molecule has 0 spiro atoms. The Kier molecular flexibility index (Phi) is 4.34. The highest BCUT2D eigenvalue weighted by atomic mass is 32.2. The van der Waals surface area contributed by atoms with E-state index in [1.807, 2.05) is 0 Å². The Labute approximate surface area is 151 Å². The van der Waals surface area contributed by atoms with Gasteiger partial charge in [-0.25, -0.2) is 17.9 Å². The zero-order valence-electron chi connectivity index (χ0n) is 14.5. The minimum Gasteiger partial charge on any atom is -0.334 e. The lowest BCUT2D eigenvalue weighted by atomic mass is 10.1. The topological polar surface area (TPSA) is 93.8 Å². The van der Waals surface area contributed by atoms with Crippen molar-refractivity contribution >= 4 is 21.4 Å². The molecule has 26 heavy (non-hydrogen) atoms. The molecule has 9 heteroatoms. The van der Waals surface area contributed by atoms with Crippen molar-refractivity contribution in [2.24, 2.45) is 0 Å². The van der Waals surface area contributed by atoms with Gasteiger partial charge in [0.2, 0.25) is 5.91 Å². The van der Waals surface area contributed by atoms with E-state index in [-0.39, 0.29) is 41.7 Å². The molecule has 1 aliphatic heterocycles. The van der Waals surface area contributed by atoms with Crippen LogP contribution < -0.4 is 5.69 Å². The third-order valence-corrected chi connectivity index (χ3v) is 7.13. The second kappa shape index (κ2) is 6.53.